The molecule has 2 atom stereocenters. The molecule has 0 aromatic heterocycles. The van der Waals surface area contributed by atoms with Crippen molar-refractivity contribution in [3.63, 3.8) is 0 Å². The second-order valence-corrected chi connectivity index (χ2v) is 10.9. The van der Waals surface area contributed by atoms with Crippen LogP contribution in [-0.2, 0) is 9.84 Å². The van der Waals surface area contributed by atoms with Crippen molar-refractivity contribution in [2.45, 2.75) is 11.3 Å². The van der Waals surface area contributed by atoms with E-state index in [1.165, 1.54) is 11.8 Å². The summed E-state index contributed by atoms with van der Waals surface area (Å²) >= 11 is 1.37. The van der Waals surface area contributed by atoms with Crippen LogP contribution in [0.1, 0.15) is 10.4 Å². The summed E-state index contributed by atoms with van der Waals surface area (Å²) in [6.07, 6.45) is 0. The fourth-order valence-electron chi connectivity index (χ4n) is 3.66. The van der Waals surface area contributed by atoms with Gasteiger partial charge in [-0.25, -0.2) is 8.42 Å². The molecule has 0 aliphatic carbocycles. The van der Waals surface area contributed by atoms with Crippen LogP contribution in [0.2, 0.25) is 0 Å². The molecule has 0 saturated carbocycles. The minimum absolute atomic E-state index is 0.0653. The first-order valence-electron chi connectivity index (χ1n) is 9.48. The van der Waals surface area contributed by atoms with Crippen LogP contribution >= 0.6 is 11.8 Å². The Hall–Kier alpha value is -2.52. The van der Waals surface area contributed by atoms with Gasteiger partial charge >= 0.3 is 0 Å². The Morgan fingerprint density at radius 1 is 1.10 bits per heavy atom. The number of ether oxygens (including phenoxy) is 1. The van der Waals surface area contributed by atoms with Gasteiger partial charge in [0.05, 0.1) is 24.7 Å². The number of aliphatic imine (C=N–C) groups is 1. The van der Waals surface area contributed by atoms with Gasteiger partial charge in [-0.15, -0.1) is 0 Å². The van der Waals surface area contributed by atoms with Crippen molar-refractivity contribution >= 4 is 44.0 Å². The Morgan fingerprint density at radius 2 is 1.77 bits per heavy atom. The number of benzene rings is 2. The van der Waals surface area contributed by atoms with Crippen molar-refractivity contribution in [3.05, 3.63) is 54.1 Å². The van der Waals surface area contributed by atoms with Gasteiger partial charge < -0.3 is 14.5 Å². The number of thioether (sulfide) groups is 1. The molecule has 158 valence electrons. The molecule has 2 aromatic rings. The zero-order chi connectivity index (χ0) is 21.5. The molecule has 2 aromatic carbocycles. The molecule has 0 radical (unpaired) electrons. The number of fused-ring (bicyclic) bond motifs is 1. The molecule has 30 heavy (non-hydrogen) atoms. The van der Waals surface area contributed by atoms with Crippen LogP contribution in [0.25, 0.3) is 0 Å². The van der Waals surface area contributed by atoms with E-state index in [0.717, 1.165) is 11.4 Å². The minimum Gasteiger partial charge on any atom is -0.497 e. The highest BCUT2D eigenvalue weighted by molar-refractivity contribution is 8.16. The zero-order valence-corrected chi connectivity index (χ0v) is 18.6. The van der Waals surface area contributed by atoms with E-state index in [-0.39, 0.29) is 28.7 Å². The first-order chi connectivity index (χ1) is 14.3. The number of carbonyl (C=O) groups excluding carboxylic acids is 1. The molecule has 0 spiro atoms. The number of hydrogen-bond acceptors (Lipinski definition) is 6. The first-order valence-corrected chi connectivity index (χ1v) is 12.2. The Labute approximate surface area is 180 Å². The van der Waals surface area contributed by atoms with Gasteiger partial charge in [0.2, 0.25) is 0 Å². The van der Waals surface area contributed by atoms with Gasteiger partial charge in [0.1, 0.15) is 5.75 Å². The highest BCUT2D eigenvalue weighted by Crippen LogP contribution is 2.41. The monoisotopic (exact) mass is 445 g/mol. The molecule has 4 rings (SSSR count). The highest BCUT2D eigenvalue weighted by Gasteiger charge is 2.49. The van der Waals surface area contributed by atoms with Crippen LogP contribution in [-0.4, -0.2) is 63.5 Å². The number of carbonyl (C=O) groups is 1. The lowest BCUT2D eigenvalue weighted by Crippen LogP contribution is -2.37. The van der Waals surface area contributed by atoms with Gasteiger partial charge in [0, 0.05) is 36.3 Å². The largest absolute Gasteiger partial charge is 0.497 e. The summed E-state index contributed by atoms with van der Waals surface area (Å²) in [5.74, 6) is 0.468. The number of hydrogen-bond donors (Lipinski definition) is 0. The van der Waals surface area contributed by atoms with E-state index in [9.17, 15) is 13.2 Å². The molecular weight excluding hydrogens is 422 g/mol. The van der Waals surface area contributed by atoms with Crippen molar-refractivity contribution < 1.29 is 17.9 Å². The predicted molar refractivity (Wildman–Crippen MR) is 122 cm³/mol. The first kappa shape index (κ1) is 20.7. The van der Waals surface area contributed by atoms with Crippen LogP contribution in [0.3, 0.4) is 0 Å². The Bertz CT molecular complexity index is 1080. The van der Waals surface area contributed by atoms with Gasteiger partial charge in [-0.3, -0.25) is 4.79 Å². The van der Waals surface area contributed by atoms with Crippen LogP contribution in [0.5, 0.6) is 5.75 Å². The lowest BCUT2D eigenvalue weighted by atomic mass is 10.2. The van der Waals surface area contributed by atoms with E-state index >= 15 is 0 Å². The quantitative estimate of drug-likeness (QED) is 0.716. The molecule has 9 heteroatoms. The van der Waals surface area contributed by atoms with Gasteiger partial charge in [-0.1, -0.05) is 11.8 Å². The van der Waals surface area contributed by atoms with Crippen molar-refractivity contribution in [2.24, 2.45) is 4.99 Å². The Morgan fingerprint density at radius 3 is 2.37 bits per heavy atom. The topological polar surface area (TPSA) is 79.3 Å². The summed E-state index contributed by atoms with van der Waals surface area (Å²) < 4.78 is 29.6. The number of methoxy groups -OCH3 is 1. The van der Waals surface area contributed by atoms with Crippen molar-refractivity contribution in [3.8, 4) is 5.75 Å². The normalized spacial score (nSPS) is 23.4. The van der Waals surface area contributed by atoms with E-state index in [1.54, 1.807) is 31.4 Å². The SMILES string of the molecule is COc1ccc(C(=O)N=C2S[C@@H]3CS(=O)(=O)C[C@@H]3N2c2ccc(N(C)C)cc2)cc1. The predicted octanol–water partition coefficient (Wildman–Crippen LogP) is 2.68. The van der Waals surface area contributed by atoms with Crippen LogP contribution in [0, 0.1) is 0 Å². The summed E-state index contributed by atoms with van der Waals surface area (Å²) in [5.41, 5.74) is 2.32. The maximum atomic E-state index is 12.8. The third kappa shape index (κ3) is 4.04. The van der Waals surface area contributed by atoms with Gasteiger partial charge in [0.25, 0.3) is 5.91 Å². The molecular formula is C21H23N3O4S2. The maximum Gasteiger partial charge on any atom is 0.279 e. The second kappa shape index (κ2) is 7.96. The zero-order valence-electron chi connectivity index (χ0n) is 17.0. The summed E-state index contributed by atoms with van der Waals surface area (Å²) in [4.78, 5) is 21.0. The Kier molecular flexibility index (Phi) is 5.50. The lowest BCUT2D eigenvalue weighted by Gasteiger charge is -2.25. The highest BCUT2D eigenvalue weighted by atomic mass is 32.2. The molecule has 0 N–H and O–H groups in total. The van der Waals surface area contributed by atoms with E-state index in [2.05, 4.69) is 4.99 Å². The summed E-state index contributed by atoms with van der Waals surface area (Å²) in [6.45, 7) is 0. The standard InChI is InChI=1S/C21H23N3O4S2/c1-23(2)15-6-8-16(9-7-15)24-18-12-30(26,27)13-19(18)29-21(24)22-20(25)14-4-10-17(28-3)11-5-14/h4-11,18-19H,12-13H2,1-3H3/t18-,19+/m0/s1. The molecule has 2 aliphatic heterocycles. The molecule has 0 unspecified atom stereocenters. The summed E-state index contributed by atoms with van der Waals surface area (Å²) in [5, 5.41) is 0.407. The Balaban J connectivity index is 1.68. The van der Waals surface area contributed by atoms with E-state index in [1.807, 2.05) is 48.2 Å². The maximum absolute atomic E-state index is 12.8. The molecule has 2 heterocycles. The van der Waals surface area contributed by atoms with Crippen molar-refractivity contribution in [1.82, 2.24) is 0 Å². The number of anilines is 2. The van der Waals surface area contributed by atoms with Crippen molar-refractivity contribution in [2.75, 3.05) is 42.5 Å². The van der Waals surface area contributed by atoms with Crippen LogP contribution in [0.4, 0.5) is 11.4 Å². The molecule has 2 aliphatic rings. The molecule has 1 amide bonds. The summed E-state index contributed by atoms with van der Waals surface area (Å²) in [7, 11) is 2.38. The van der Waals surface area contributed by atoms with Gasteiger partial charge in [0.15, 0.2) is 15.0 Å². The molecule has 2 saturated heterocycles. The smallest absolute Gasteiger partial charge is 0.279 e. The van der Waals surface area contributed by atoms with E-state index in [0.29, 0.717) is 16.5 Å². The average Bonchev–Trinajstić information content (AvgIpc) is 3.18. The third-order valence-corrected chi connectivity index (χ3v) is 8.45. The van der Waals surface area contributed by atoms with Crippen LogP contribution in [0.15, 0.2) is 53.5 Å². The number of nitrogens with zero attached hydrogens (tertiary/aromatic N) is 3. The van der Waals surface area contributed by atoms with E-state index < -0.39 is 9.84 Å². The minimum atomic E-state index is -3.10. The number of amidine groups is 1. The van der Waals surface area contributed by atoms with E-state index in [4.69, 9.17) is 4.74 Å². The number of sulfone groups is 1. The van der Waals surface area contributed by atoms with Crippen LogP contribution < -0.4 is 14.5 Å². The fraction of sp³-hybridized carbons (Fsp3) is 0.333. The number of amides is 1. The molecule has 0 bridgehead atoms. The van der Waals surface area contributed by atoms with Gasteiger partial charge in [-0.2, -0.15) is 4.99 Å². The number of rotatable bonds is 4. The third-order valence-electron chi connectivity index (χ3n) is 5.25. The van der Waals surface area contributed by atoms with Crippen molar-refractivity contribution in [1.29, 1.82) is 0 Å². The second-order valence-electron chi connectivity index (χ2n) is 7.51. The van der Waals surface area contributed by atoms with Gasteiger partial charge in [-0.05, 0) is 48.5 Å². The average molecular weight is 446 g/mol. The molecule has 2 fully saturated rings. The fourth-order valence-corrected chi connectivity index (χ4v) is 7.58. The lowest BCUT2D eigenvalue weighted by molar-refractivity contribution is 0.100. The summed E-state index contributed by atoms with van der Waals surface area (Å²) in [6, 6.07) is 14.4. The molecule has 7 nitrogen and oxygen atoms in total.